The highest BCUT2D eigenvalue weighted by Crippen LogP contribution is 2.16. The van der Waals surface area contributed by atoms with Crippen molar-refractivity contribution < 1.29 is 27.9 Å². The van der Waals surface area contributed by atoms with Gasteiger partial charge in [0.25, 0.3) is 11.8 Å². The summed E-state index contributed by atoms with van der Waals surface area (Å²) < 4.78 is 32.0. The molecule has 6 nitrogen and oxygen atoms in total. The zero-order valence-corrected chi connectivity index (χ0v) is 17.2. The summed E-state index contributed by atoms with van der Waals surface area (Å²) in [5.74, 6) is -4.67. The number of nitrogens with one attached hydrogen (secondary N) is 2. The third-order valence-electron chi connectivity index (χ3n) is 4.52. The van der Waals surface area contributed by atoms with E-state index >= 15 is 0 Å². The molecule has 0 saturated carbocycles. The van der Waals surface area contributed by atoms with Crippen molar-refractivity contribution >= 4 is 23.5 Å². The van der Waals surface area contributed by atoms with E-state index in [-0.39, 0.29) is 11.3 Å². The molecule has 0 aliphatic carbocycles. The summed E-state index contributed by atoms with van der Waals surface area (Å²) in [6.45, 7) is 1.48. The normalized spacial score (nSPS) is 10.3. The number of amides is 2. The molecule has 3 aromatic rings. The lowest BCUT2D eigenvalue weighted by Gasteiger charge is -2.12. The Hall–Kier alpha value is -4.07. The molecule has 0 unspecified atom stereocenters. The Morgan fingerprint density at radius 1 is 0.875 bits per heavy atom. The highest BCUT2D eigenvalue weighted by Gasteiger charge is 2.20. The third kappa shape index (κ3) is 5.75. The van der Waals surface area contributed by atoms with Gasteiger partial charge in [-0.25, -0.2) is 13.6 Å². The second-order valence-electron chi connectivity index (χ2n) is 6.93. The molecule has 0 radical (unpaired) electrons. The number of ether oxygens (including phenoxy) is 1. The van der Waals surface area contributed by atoms with Gasteiger partial charge in [0.15, 0.2) is 6.61 Å². The first-order valence-corrected chi connectivity index (χ1v) is 9.69. The molecule has 164 valence electrons. The first kappa shape index (κ1) is 22.6. The van der Waals surface area contributed by atoms with Crippen molar-refractivity contribution in [2.75, 3.05) is 11.9 Å². The van der Waals surface area contributed by atoms with Crippen molar-refractivity contribution in [1.82, 2.24) is 5.32 Å². The average Bonchev–Trinajstić information content (AvgIpc) is 2.77. The van der Waals surface area contributed by atoms with Crippen LogP contribution in [0.2, 0.25) is 0 Å². The van der Waals surface area contributed by atoms with Crippen molar-refractivity contribution in [2.45, 2.75) is 13.5 Å². The number of aryl methyl sites for hydroxylation is 1. The van der Waals surface area contributed by atoms with Gasteiger partial charge in [-0.3, -0.25) is 9.59 Å². The number of hydrogen-bond donors (Lipinski definition) is 2. The number of anilines is 1. The first-order chi connectivity index (χ1) is 15.3. The van der Waals surface area contributed by atoms with Gasteiger partial charge in [-0.2, -0.15) is 0 Å². The van der Waals surface area contributed by atoms with Crippen molar-refractivity contribution in [3.63, 3.8) is 0 Å². The molecule has 32 heavy (non-hydrogen) atoms. The molecule has 0 atom stereocenters. The Bertz CT molecular complexity index is 1130. The van der Waals surface area contributed by atoms with E-state index in [1.165, 1.54) is 12.1 Å². The Labute approximate surface area is 183 Å². The van der Waals surface area contributed by atoms with Gasteiger partial charge in [0.1, 0.15) is 17.2 Å². The topological polar surface area (TPSA) is 84.5 Å². The maximum Gasteiger partial charge on any atom is 0.344 e. The number of carbonyl (C=O) groups excluding carboxylic acids is 3. The number of carbonyl (C=O) groups is 3. The maximum absolute atomic E-state index is 13.6. The number of benzene rings is 3. The van der Waals surface area contributed by atoms with Crippen LogP contribution in [0.25, 0.3) is 0 Å². The molecule has 8 heteroatoms. The van der Waals surface area contributed by atoms with E-state index in [4.69, 9.17) is 4.74 Å². The minimum Gasteiger partial charge on any atom is -0.452 e. The van der Waals surface area contributed by atoms with Crippen LogP contribution in [0.15, 0.2) is 66.7 Å². The Balaban J connectivity index is 1.60. The minimum absolute atomic E-state index is 0.201. The SMILES string of the molecule is Cc1ccc(CNC(=O)c2ccccc2NC(=O)COC(=O)c2c(F)cccc2F)cc1. The van der Waals surface area contributed by atoms with Gasteiger partial charge >= 0.3 is 5.97 Å². The van der Waals surface area contributed by atoms with Crippen molar-refractivity contribution in [3.05, 3.63) is 101 Å². The van der Waals surface area contributed by atoms with E-state index in [1.54, 1.807) is 12.1 Å². The highest BCUT2D eigenvalue weighted by atomic mass is 19.1. The third-order valence-corrected chi connectivity index (χ3v) is 4.52. The lowest BCUT2D eigenvalue weighted by atomic mass is 10.1. The molecule has 0 bridgehead atoms. The van der Waals surface area contributed by atoms with Crippen LogP contribution in [-0.4, -0.2) is 24.4 Å². The Morgan fingerprint density at radius 2 is 1.53 bits per heavy atom. The van der Waals surface area contributed by atoms with E-state index in [0.29, 0.717) is 6.54 Å². The lowest BCUT2D eigenvalue weighted by molar-refractivity contribution is -0.119. The standard InChI is InChI=1S/C24H20F2N2O4/c1-15-9-11-16(12-10-15)13-27-23(30)17-5-2-3-8-20(17)28-21(29)14-32-24(31)22-18(25)6-4-7-19(22)26/h2-12H,13-14H2,1H3,(H,27,30)(H,28,29). The van der Waals surface area contributed by atoms with Crippen molar-refractivity contribution in [2.24, 2.45) is 0 Å². The number of hydrogen-bond acceptors (Lipinski definition) is 4. The number of rotatable bonds is 7. The van der Waals surface area contributed by atoms with Gasteiger partial charge in [-0.1, -0.05) is 48.0 Å². The largest absolute Gasteiger partial charge is 0.452 e. The number of esters is 1. The lowest BCUT2D eigenvalue weighted by Crippen LogP contribution is -2.26. The molecule has 3 aromatic carbocycles. The summed E-state index contributed by atoms with van der Waals surface area (Å²) in [6.07, 6.45) is 0. The second kappa shape index (κ2) is 10.3. The van der Waals surface area contributed by atoms with Gasteiger partial charge in [0.2, 0.25) is 0 Å². The van der Waals surface area contributed by atoms with Crippen LogP contribution in [0.5, 0.6) is 0 Å². The van der Waals surface area contributed by atoms with Crippen LogP contribution in [0.3, 0.4) is 0 Å². The fourth-order valence-electron chi connectivity index (χ4n) is 2.86. The maximum atomic E-state index is 13.6. The summed E-state index contributed by atoms with van der Waals surface area (Å²) in [6, 6.07) is 16.9. The summed E-state index contributed by atoms with van der Waals surface area (Å²) in [5, 5.41) is 5.24. The molecule has 0 saturated heterocycles. The second-order valence-corrected chi connectivity index (χ2v) is 6.93. The zero-order valence-electron chi connectivity index (χ0n) is 17.2. The molecule has 0 spiro atoms. The Morgan fingerprint density at radius 3 is 2.22 bits per heavy atom. The fourth-order valence-corrected chi connectivity index (χ4v) is 2.86. The zero-order chi connectivity index (χ0) is 23.1. The van der Waals surface area contributed by atoms with Crippen LogP contribution < -0.4 is 10.6 Å². The molecule has 0 aliphatic heterocycles. The quantitative estimate of drug-likeness (QED) is 0.546. The van der Waals surface area contributed by atoms with Gasteiger partial charge in [0, 0.05) is 6.54 Å². The molecule has 0 fully saturated rings. The molecule has 0 heterocycles. The Kier molecular flexibility index (Phi) is 7.28. The van der Waals surface area contributed by atoms with Crippen molar-refractivity contribution in [1.29, 1.82) is 0 Å². The highest BCUT2D eigenvalue weighted by molar-refractivity contribution is 6.04. The average molecular weight is 438 g/mol. The minimum atomic E-state index is -1.31. The smallest absolute Gasteiger partial charge is 0.344 e. The summed E-state index contributed by atoms with van der Waals surface area (Å²) in [7, 11) is 0. The predicted molar refractivity (Wildman–Crippen MR) is 114 cm³/mol. The van der Waals surface area contributed by atoms with Gasteiger partial charge in [-0.15, -0.1) is 0 Å². The van der Waals surface area contributed by atoms with Crippen LogP contribution in [0.4, 0.5) is 14.5 Å². The summed E-state index contributed by atoms with van der Waals surface area (Å²) in [5.41, 5.74) is 1.55. The fraction of sp³-hybridized carbons (Fsp3) is 0.125. The van der Waals surface area contributed by atoms with Crippen LogP contribution in [0, 0.1) is 18.6 Å². The molecule has 2 N–H and O–H groups in total. The summed E-state index contributed by atoms with van der Waals surface area (Å²) >= 11 is 0. The van der Waals surface area contributed by atoms with E-state index in [1.807, 2.05) is 31.2 Å². The van der Waals surface area contributed by atoms with Crippen LogP contribution >= 0.6 is 0 Å². The number of halogens is 2. The molecule has 0 aromatic heterocycles. The summed E-state index contributed by atoms with van der Waals surface area (Å²) in [4.78, 5) is 36.7. The van der Waals surface area contributed by atoms with Gasteiger partial charge in [-0.05, 0) is 36.8 Å². The molecule has 0 aliphatic rings. The number of para-hydroxylation sites is 1. The molecular formula is C24H20F2N2O4. The first-order valence-electron chi connectivity index (χ1n) is 9.69. The monoisotopic (exact) mass is 438 g/mol. The molecule has 3 rings (SSSR count). The van der Waals surface area contributed by atoms with Gasteiger partial charge in [0.05, 0.1) is 11.3 Å². The molecule has 2 amide bonds. The predicted octanol–water partition coefficient (Wildman–Crippen LogP) is 4.00. The molecular weight excluding hydrogens is 418 g/mol. The van der Waals surface area contributed by atoms with Crippen LogP contribution in [0.1, 0.15) is 31.8 Å². The van der Waals surface area contributed by atoms with E-state index < -0.39 is 41.6 Å². The van der Waals surface area contributed by atoms with E-state index in [9.17, 15) is 23.2 Å². The van der Waals surface area contributed by atoms with Crippen molar-refractivity contribution in [3.8, 4) is 0 Å². The van der Waals surface area contributed by atoms with E-state index in [2.05, 4.69) is 10.6 Å². The van der Waals surface area contributed by atoms with E-state index in [0.717, 1.165) is 29.3 Å². The van der Waals surface area contributed by atoms with Gasteiger partial charge < -0.3 is 15.4 Å². The van der Waals surface area contributed by atoms with Crippen LogP contribution in [-0.2, 0) is 16.1 Å².